The van der Waals surface area contributed by atoms with Crippen LogP contribution >= 0.6 is 0 Å². The second-order valence-electron chi connectivity index (χ2n) is 7.42. The van der Waals surface area contributed by atoms with Crippen molar-refractivity contribution in [3.63, 3.8) is 0 Å². The number of fused-ring (bicyclic) bond motifs is 1. The molecule has 0 atom stereocenters. The van der Waals surface area contributed by atoms with E-state index in [-0.39, 0.29) is 6.54 Å². The van der Waals surface area contributed by atoms with Crippen LogP contribution in [-0.4, -0.2) is 28.5 Å². The number of carbonyl (C=O) groups excluding carboxylic acids is 1. The molecule has 3 aromatic rings. The molecule has 3 rings (SSSR count). The highest BCUT2D eigenvalue weighted by atomic mass is 19.4. The molecule has 0 amide bonds. The van der Waals surface area contributed by atoms with Gasteiger partial charge in [-0.1, -0.05) is 48.5 Å². The number of ether oxygens (including phenoxy) is 1. The Kier molecular flexibility index (Phi) is 5.19. The minimum Gasteiger partial charge on any atom is -0.456 e. The van der Waals surface area contributed by atoms with Crippen LogP contribution in [0.4, 0.5) is 13.2 Å². The number of halogens is 3. The summed E-state index contributed by atoms with van der Waals surface area (Å²) in [4.78, 5) is 12.3. The van der Waals surface area contributed by atoms with Gasteiger partial charge in [0, 0.05) is 10.9 Å². The summed E-state index contributed by atoms with van der Waals surface area (Å²) < 4.78 is 43.3. The number of carbonyl (C=O) groups is 1. The number of aromatic nitrogens is 2. The summed E-state index contributed by atoms with van der Waals surface area (Å²) in [6, 6.07) is 15.4. The quantitative estimate of drug-likeness (QED) is 0.567. The maximum absolute atomic E-state index is 12.4. The van der Waals surface area contributed by atoms with Crippen LogP contribution in [0.1, 0.15) is 19.4 Å². The van der Waals surface area contributed by atoms with E-state index in [1.807, 2.05) is 55.5 Å². The molecule has 1 aromatic heterocycles. The van der Waals surface area contributed by atoms with Crippen molar-refractivity contribution in [2.75, 3.05) is 6.61 Å². The summed E-state index contributed by atoms with van der Waals surface area (Å²) in [5.41, 5.74) is 2.32. The molecule has 0 saturated heterocycles. The Morgan fingerprint density at radius 3 is 2.39 bits per heavy atom. The topological polar surface area (TPSA) is 44.1 Å². The molecule has 1 heterocycles. The van der Waals surface area contributed by atoms with Crippen LogP contribution in [0, 0.1) is 12.3 Å². The van der Waals surface area contributed by atoms with Crippen molar-refractivity contribution >= 4 is 16.9 Å². The summed E-state index contributed by atoms with van der Waals surface area (Å²) in [5.74, 6) is -0.914. The fraction of sp³-hybridized carbons (Fsp3) is 0.333. The standard InChI is InChI=1S/C21H21F3N2O2/c1-14-8-7-11-16-17(15-9-5-4-6-10-15)25-26(18(14)16)12-20(2,3)19(27)28-13-21(22,23)24/h4-11H,12-13H2,1-3H3. The van der Waals surface area contributed by atoms with E-state index in [0.29, 0.717) is 0 Å². The van der Waals surface area contributed by atoms with Crippen LogP contribution in [0.3, 0.4) is 0 Å². The van der Waals surface area contributed by atoms with Gasteiger partial charge >= 0.3 is 12.1 Å². The normalized spacial score (nSPS) is 12.4. The molecule has 0 bridgehead atoms. The fourth-order valence-corrected chi connectivity index (χ4v) is 3.12. The Bertz CT molecular complexity index is 992. The van der Waals surface area contributed by atoms with Gasteiger partial charge < -0.3 is 4.74 Å². The van der Waals surface area contributed by atoms with Crippen LogP contribution in [0.2, 0.25) is 0 Å². The average Bonchev–Trinajstić information content (AvgIpc) is 2.99. The van der Waals surface area contributed by atoms with E-state index in [1.165, 1.54) is 0 Å². The second kappa shape index (κ2) is 7.30. The first kappa shape index (κ1) is 19.9. The van der Waals surface area contributed by atoms with Gasteiger partial charge in [0.2, 0.25) is 0 Å². The Balaban J connectivity index is 1.98. The summed E-state index contributed by atoms with van der Waals surface area (Å²) in [6.07, 6.45) is -4.55. The third kappa shape index (κ3) is 4.18. The van der Waals surface area contributed by atoms with E-state index in [9.17, 15) is 18.0 Å². The van der Waals surface area contributed by atoms with E-state index in [4.69, 9.17) is 0 Å². The lowest BCUT2D eigenvalue weighted by Crippen LogP contribution is -2.34. The molecule has 148 valence electrons. The largest absolute Gasteiger partial charge is 0.456 e. The SMILES string of the molecule is Cc1cccc2c(-c3ccccc3)nn(CC(C)(C)C(=O)OCC(F)(F)F)c12. The Hall–Kier alpha value is -2.83. The van der Waals surface area contributed by atoms with Crippen molar-refractivity contribution < 1.29 is 22.7 Å². The maximum Gasteiger partial charge on any atom is 0.422 e. The van der Waals surface area contributed by atoms with Crippen molar-refractivity contribution in [3.8, 4) is 11.3 Å². The molecule has 0 unspecified atom stereocenters. The highest BCUT2D eigenvalue weighted by molar-refractivity contribution is 5.95. The number of esters is 1. The number of nitrogens with zero attached hydrogens (tertiary/aromatic N) is 2. The zero-order valence-electron chi connectivity index (χ0n) is 15.9. The smallest absolute Gasteiger partial charge is 0.422 e. The molecule has 0 spiro atoms. The van der Waals surface area contributed by atoms with E-state index >= 15 is 0 Å². The Morgan fingerprint density at radius 2 is 1.75 bits per heavy atom. The fourth-order valence-electron chi connectivity index (χ4n) is 3.12. The minimum atomic E-state index is -4.55. The molecule has 0 aliphatic carbocycles. The van der Waals surface area contributed by atoms with E-state index in [2.05, 4.69) is 9.84 Å². The monoisotopic (exact) mass is 390 g/mol. The number of hydrogen-bond donors (Lipinski definition) is 0. The molecule has 7 heteroatoms. The van der Waals surface area contributed by atoms with Gasteiger partial charge in [-0.2, -0.15) is 18.3 Å². The first-order valence-corrected chi connectivity index (χ1v) is 8.84. The Labute approximate surface area is 160 Å². The third-order valence-electron chi connectivity index (χ3n) is 4.48. The highest BCUT2D eigenvalue weighted by Crippen LogP contribution is 2.32. The van der Waals surface area contributed by atoms with Crippen LogP contribution < -0.4 is 0 Å². The first-order chi connectivity index (χ1) is 13.1. The third-order valence-corrected chi connectivity index (χ3v) is 4.48. The maximum atomic E-state index is 12.4. The predicted molar refractivity (Wildman–Crippen MR) is 101 cm³/mol. The highest BCUT2D eigenvalue weighted by Gasteiger charge is 2.36. The van der Waals surface area contributed by atoms with E-state index in [0.717, 1.165) is 27.7 Å². The van der Waals surface area contributed by atoms with Gasteiger partial charge in [-0.15, -0.1) is 0 Å². The number of hydrogen-bond acceptors (Lipinski definition) is 3. The number of para-hydroxylation sites is 1. The van der Waals surface area contributed by atoms with Gasteiger partial charge in [0.05, 0.1) is 17.5 Å². The second-order valence-corrected chi connectivity index (χ2v) is 7.42. The molecule has 4 nitrogen and oxygen atoms in total. The lowest BCUT2D eigenvalue weighted by molar-refractivity contribution is -0.193. The van der Waals surface area contributed by atoms with Gasteiger partial charge in [0.15, 0.2) is 6.61 Å². The van der Waals surface area contributed by atoms with Crippen molar-refractivity contribution in [1.82, 2.24) is 9.78 Å². The molecule has 0 radical (unpaired) electrons. The Morgan fingerprint density at radius 1 is 1.07 bits per heavy atom. The average molecular weight is 390 g/mol. The van der Waals surface area contributed by atoms with Gasteiger partial charge in [-0.3, -0.25) is 9.48 Å². The molecule has 0 aliphatic heterocycles. The molecule has 2 aromatic carbocycles. The van der Waals surface area contributed by atoms with Crippen molar-refractivity contribution in [2.45, 2.75) is 33.5 Å². The number of benzene rings is 2. The lowest BCUT2D eigenvalue weighted by Gasteiger charge is -2.23. The lowest BCUT2D eigenvalue weighted by atomic mass is 9.93. The van der Waals surface area contributed by atoms with Crippen LogP contribution in [-0.2, 0) is 16.1 Å². The van der Waals surface area contributed by atoms with Crippen LogP contribution in [0.25, 0.3) is 22.2 Å². The van der Waals surface area contributed by atoms with Crippen LogP contribution in [0.15, 0.2) is 48.5 Å². The van der Waals surface area contributed by atoms with Gasteiger partial charge in [0.1, 0.15) is 5.69 Å². The molecule has 28 heavy (non-hydrogen) atoms. The van der Waals surface area contributed by atoms with Gasteiger partial charge in [-0.05, 0) is 26.3 Å². The van der Waals surface area contributed by atoms with Gasteiger partial charge in [-0.25, -0.2) is 0 Å². The summed E-state index contributed by atoms with van der Waals surface area (Å²) in [5, 5.41) is 5.61. The molecule has 0 N–H and O–H groups in total. The minimum absolute atomic E-state index is 0.0951. The zero-order chi connectivity index (χ0) is 20.5. The van der Waals surface area contributed by atoms with Crippen molar-refractivity contribution in [1.29, 1.82) is 0 Å². The zero-order valence-corrected chi connectivity index (χ0v) is 15.9. The molecule has 0 saturated carbocycles. The van der Waals surface area contributed by atoms with E-state index in [1.54, 1.807) is 18.5 Å². The summed E-state index contributed by atoms with van der Waals surface area (Å²) in [6.45, 7) is 3.55. The van der Waals surface area contributed by atoms with Crippen LogP contribution in [0.5, 0.6) is 0 Å². The van der Waals surface area contributed by atoms with Crippen molar-refractivity contribution in [3.05, 3.63) is 54.1 Å². The molecular formula is C21H21F3N2O2. The molecule has 0 fully saturated rings. The van der Waals surface area contributed by atoms with Gasteiger partial charge in [0.25, 0.3) is 0 Å². The predicted octanol–water partition coefficient (Wildman–Crippen LogP) is 5.14. The first-order valence-electron chi connectivity index (χ1n) is 8.84. The molecular weight excluding hydrogens is 369 g/mol. The summed E-state index contributed by atoms with van der Waals surface area (Å²) >= 11 is 0. The number of aryl methyl sites for hydroxylation is 1. The number of alkyl halides is 3. The summed E-state index contributed by atoms with van der Waals surface area (Å²) in [7, 11) is 0. The van der Waals surface area contributed by atoms with Crippen molar-refractivity contribution in [2.24, 2.45) is 5.41 Å². The van der Waals surface area contributed by atoms with E-state index < -0.39 is 24.2 Å². The number of rotatable bonds is 5. The molecule has 0 aliphatic rings.